The van der Waals surface area contributed by atoms with Crippen LogP contribution in [0, 0.1) is 0 Å². The monoisotopic (exact) mass is 319 g/mol. The molecule has 1 aromatic carbocycles. The zero-order valence-corrected chi connectivity index (χ0v) is 12.9. The Bertz CT molecular complexity index is 777. The summed E-state index contributed by atoms with van der Waals surface area (Å²) in [5, 5.41) is 1.16. The summed E-state index contributed by atoms with van der Waals surface area (Å²) in [5.74, 6) is -0.395. The van der Waals surface area contributed by atoms with E-state index in [1.54, 1.807) is 6.34 Å². The minimum atomic E-state index is -0.395. The predicted molar refractivity (Wildman–Crippen MR) is 87.0 cm³/mol. The van der Waals surface area contributed by atoms with Crippen LogP contribution >= 0.6 is 11.6 Å². The molecule has 2 heterocycles. The van der Waals surface area contributed by atoms with E-state index in [2.05, 4.69) is 9.98 Å². The molecule has 0 bridgehead atoms. The normalized spacial score (nSPS) is 19.4. The summed E-state index contributed by atoms with van der Waals surface area (Å²) in [6.45, 7) is 2.36. The van der Waals surface area contributed by atoms with Crippen molar-refractivity contribution in [1.82, 2.24) is 9.63 Å². The van der Waals surface area contributed by atoms with Gasteiger partial charge in [0.2, 0.25) is 12.0 Å². The van der Waals surface area contributed by atoms with Crippen LogP contribution in [0.15, 0.2) is 29.3 Å². The number of aliphatic imine (C=N–C) groups is 1. The van der Waals surface area contributed by atoms with Crippen LogP contribution < -0.4 is 10.4 Å². The third kappa shape index (κ3) is 2.35. The number of nitrogens with two attached hydrogens (primary N) is 1. The number of carbonyl (C=O) groups is 1. The number of hydrogen-bond acceptors (Lipinski definition) is 5. The van der Waals surface area contributed by atoms with Crippen molar-refractivity contribution in [2.75, 3.05) is 13.1 Å². The molecule has 3 rings (SSSR count). The first kappa shape index (κ1) is 14.9. The van der Waals surface area contributed by atoms with E-state index in [9.17, 15) is 4.79 Å². The van der Waals surface area contributed by atoms with Crippen molar-refractivity contribution in [1.29, 1.82) is 0 Å². The highest BCUT2D eigenvalue weighted by atomic mass is 35.5. The van der Waals surface area contributed by atoms with Gasteiger partial charge in [0.15, 0.2) is 10.8 Å². The van der Waals surface area contributed by atoms with Crippen molar-refractivity contribution in [3.05, 3.63) is 29.4 Å². The molecule has 6 nitrogen and oxygen atoms in total. The van der Waals surface area contributed by atoms with Crippen LogP contribution in [0.25, 0.3) is 10.9 Å². The number of hydroxylamine groups is 2. The number of para-hydroxylation sites is 1. The largest absolute Gasteiger partial charge is 0.364 e. The van der Waals surface area contributed by atoms with E-state index in [4.69, 9.17) is 22.2 Å². The Labute approximate surface area is 132 Å². The van der Waals surface area contributed by atoms with Gasteiger partial charge in [0.05, 0.1) is 10.9 Å². The van der Waals surface area contributed by atoms with Gasteiger partial charge in [0.1, 0.15) is 6.54 Å². The van der Waals surface area contributed by atoms with E-state index in [1.165, 1.54) is 6.92 Å². The minimum absolute atomic E-state index is 0.134. The lowest BCUT2D eigenvalue weighted by Gasteiger charge is -2.27. The summed E-state index contributed by atoms with van der Waals surface area (Å²) >= 11 is 6.25. The lowest BCUT2D eigenvalue weighted by molar-refractivity contribution is -0.165. The Morgan fingerprint density at radius 2 is 2.18 bits per heavy atom. The molecule has 1 aliphatic rings. The van der Waals surface area contributed by atoms with Crippen molar-refractivity contribution >= 4 is 46.2 Å². The van der Waals surface area contributed by atoms with E-state index >= 15 is 0 Å². The van der Waals surface area contributed by atoms with Gasteiger partial charge in [-0.1, -0.05) is 28.4 Å². The van der Waals surface area contributed by atoms with Crippen molar-refractivity contribution in [2.24, 2.45) is 10.7 Å². The number of quaternary nitrogens is 1. The lowest BCUT2D eigenvalue weighted by Crippen LogP contribution is -2.49. The van der Waals surface area contributed by atoms with Gasteiger partial charge in [-0.15, -0.1) is 0 Å². The first-order valence-corrected chi connectivity index (χ1v) is 7.37. The molecule has 0 saturated carbocycles. The first-order valence-electron chi connectivity index (χ1n) is 6.99. The maximum atomic E-state index is 11.6. The van der Waals surface area contributed by atoms with Crippen LogP contribution in [-0.2, 0) is 9.63 Å². The summed E-state index contributed by atoms with van der Waals surface area (Å²) in [6, 6.07) is 7.58. The molecule has 22 heavy (non-hydrogen) atoms. The Kier molecular flexibility index (Phi) is 3.82. The van der Waals surface area contributed by atoms with Gasteiger partial charge in [0, 0.05) is 13.3 Å². The first-order chi connectivity index (χ1) is 10.6. The average molecular weight is 320 g/mol. The number of fused-ring (bicyclic) bond motifs is 3. The summed E-state index contributed by atoms with van der Waals surface area (Å²) in [5.41, 5.74) is 7.64. The van der Waals surface area contributed by atoms with E-state index in [-0.39, 0.29) is 4.65 Å². The highest BCUT2D eigenvalue weighted by Crippen LogP contribution is 2.47. The summed E-state index contributed by atoms with van der Waals surface area (Å²) < 4.78 is -0.134. The van der Waals surface area contributed by atoms with Crippen LogP contribution in [-0.4, -0.2) is 30.4 Å². The molecule has 1 atom stereocenters. The number of nitrogens with zero attached hydrogens (tertiary/aromatic N) is 3. The highest BCUT2D eigenvalue weighted by Gasteiger charge is 2.44. The molecule has 1 unspecified atom stereocenters. The average Bonchev–Trinajstić information content (AvgIpc) is 2.85. The molecule has 0 radical (unpaired) electrons. The zero-order chi connectivity index (χ0) is 15.7. The lowest BCUT2D eigenvalue weighted by atomic mass is 10.1. The fourth-order valence-corrected chi connectivity index (χ4v) is 2.93. The third-order valence-electron chi connectivity index (χ3n) is 3.54. The van der Waals surface area contributed by atoms with E-state index in [0.29, 0.717) is 30.4 Å². The SMILES string of the molecule is CC(=O)O[N+]1(CCCN)C=Nc2c(Cl)nc3ccccc3c21. The number of rotatable bonds is 4. The Morgan fingerprint density at radius 1 is 1.41 bits per heavy atom. The van der Waals surface area contributed by atoms with Crippen molar-refractivity contribution in [2.45, 2.75) is 13.3 Å². The van der Waals surface area contributed by atoms with Crippen LogP contribution in [0.4, 0.5) is 11.4 Å². The van der Waals surface area contributed by atoms with Crippen molar-refractivity contribution < 1.29 is 9.63 Å². The summed E-state index contributed by atoms with van der Waals surface area (Å²) in [6.07, 6.45) is 2.26. The van der Waals surface area contributed by atoms with Gasteiger partial charge < -0.3 is 5.73 Å². The molecule has 0 amide bonds. The van der Waals surface area contributed by atoms with Crippen molar-refractivity contribution in [3.63, 3.8) is 0 Å². The number of pyridine rings is 1. The van der Waals surface area contributed by atoms with Crippen LogP contribution in [0.2, 0.25) is 5.15 Å². The van der Waals surface area contributed by atoms with E-state index < -0.39 is 5.97 Å². The molecule has 114 valence electrons. The van der Waals surface area contributed by atoms with Gasteiger partial charge in [-0.25, -0.2) is 9.78 Å². The van der Waals surface area contributed by atoms with Crippen LogP contribution in [0.3, 0.4) is 0 Å². The molecule has 2 aromatic rings. The van der Waals surface area contributed by atoms with Gasteiger partial charge in [-0.2, -0.15) is 4.99 Å². The number of carbonyl (C=O) groups excluding carboxylic acids is 1. The van der Waals surface area contributed by atoms with E-state index in [0.717, 1.165) is 16.6 Å². The van der Waals surface area contributed by atoms with Gasteiger partial charge in [0.25, 0.3) is 0 Å². The van der Waals surface area contributed by atoms with Crippen LogP contribution in [0.5, 0.6) is 0 Å². The second-order valence-corrected chi connectivity index (χ2v) is 5.46. The van der Waals surface area contributed by atoms with Crippen molar-refractivity contribution in [3.8, 4) is 0 Å². The second-order valence-electron chi connectivity index (χ2n) is 5.11. The van der Waals surface area contributed by atoms with Gasteiger partial charge >= 0.3 is 5.97 Å². The number of halogens is 1. The molecule has 1 aromatic heterocycles. The number of hydrogen-bond donors (Lipinski definition) is 1. The molecule has 2 N–H and O–H groups in total. The third-order valence-corrected chi connectivity index (χ3v) is 3.80. The molecule has 0 spiro atoms. The molecular weight excluding hydrogens is 304 g/mol. The quantitative estimate of drug-likeness (QED) is 0.694. The van der Waals surface area contributed by atoms with E-state index in [1.807, 2.05) is 24.3 Å². The Morgan fingerprint density at radius 3 is 2.91 bits per heavy atom. The minimum Gasteiger partial charge on any atom is -0.330 e. The summed E-state index contributed by atoms with van der Waals surface area (Å²) in [7, 11) is 0. The standard InChI is InChI=1S/C15H16ClN4O2/c1-10(21)22-20(8-4-7-17)9-18-13-14(20)11-5-2-3-6-12(11)19-15(13)16/h2-3,5-6,9H,4,7-8,17H2,1H3/q+1. The molecule has 0 fully saturated rings. The highest BCUT2D eigenvalue weighted by molar-refractivity contribution is 6.34. The molecule has 0 aliphatic carbocycles. The smallest absolute Gasteiger partial charge is 0.330 e. The van der Waals surface area contributed by atoms with Gasteiger partial charge in [-0.05, 0) is 18.7 Å². The van der Waals surface area contributed by atoms with Crippen LogP contribution in [0.1, 0.15) is 13.3 Å². The topological polar surface area (TPSA) is 77.6 Å². The second kappa shape index (κ2) is 5.64. The van der Waals surface area contributed by atoms with Gasteiger partial charge in [-0.3, -0.25) is 4.84 Å². The fraction of sp³-hybridized carbons (Fsp3) is 0.267. The molecule has 0 saturated heterocycles. The Hall–Kier alpha value is -2.02. The molecule has 1 aliphatic heterocycles. The maximum absolute atomic E-state index is 11.6. The Balaban J connectivity index is 2.26. The fourth-order valence-electron chi connectivity index (χ4n) is 2.70. The number of benzene rings is 1. The zero-order valence-electron chi connectivity index (χ0n) is 12.1. The summed E-state index contributed by atoms with van der Waals surface area (Å²) in [4.78, 5) is 25.9. The maximum Gasteiger partial charge on any atom is 0.364 e. The molecular formula is C15H16ClN4O2+. The molecule has 7 heteroatoms. The number of aromatic nitrogens is 1. The predicted octanol–water partition coefficient (Wildman–Crippen LogP) is 2.70.